The molecule has 4 saturated heterocycles. The number of carbonyl (C=O) groups is 2. The monoisotopic (exact) mass is 1200 g/mol. The fourth-order valence-corrected chi connectivity index (χ4v) is 14.4. The van der Waals surface area contributed by atoms with Crippen LogP contribution in [0.3, 0.4) is 0 Å². The first-order chi connectivity index (χ1) is 38.8. The van der Waals surface area contributed by atoms with Crippen molar-refractivity contribution in [2.45, 2.75) is 297 Å². The molecule has 10 N–H and O–H groups in total. The first kappa shape index (κ1) is 73.0. The van der Waals surface area contributed by atoms with Crippen LogP contribution < -0.4 is 51.5 Å². The van der Waals surface area contributed by atoms with Gasteiger partial charge in [-0.3, -0.25) is 0 Å². The zero-order valence-corrected chi connectivity index (χ0v) is 57.1. The van der Waals surface area contributed by atoms with Crippen LogP contribution in [0.1, 0.15) is 218 Å². The highest BCUT2D eigenvalue weighted by Gasteiger charge is 2.46. The smallest absolute Gasteiger partial charge is 0.328 e. The minimum Gasteiger partial charge on any atom is -0.480 e. The van der Waals surface area contributed by atoms with E-state index in [2.05, 4.69) is 195 Å². The predicted molar refractivity (Wildman–Crippen MR) is 345 cm³/mol. The van der Waals surface area contributed by atoms with Gasteiger partial charge in [-0.15, -0.1) is 0 Å². The average molecular weight is 1200 g/mol. The molecule has 0 amide bonds. The van der Waals surface area contributed by atoms with Crippen molar-refractivity contribution in [1.29, 1.82) is 0 Å². The molecule has 2 aromatic rings. The molecule has 0 spiro atoms. The molecule has 488 valence electrons. The van der Waals surface area contributed by atoms with Gasteiger partial charge >= 0.3 is 11.9 Å². The zero-order chi connectivity index (χ0) is 64.7. The highest BCUT2D eigenvalue weighted by molar-refractivity contribution is 5.81. The number of anilines is 6. The number of piperidine rings is 4. The average Bonchev–Trinajstić information content (AvgIpc) is 2.39. The second-order valence-corrected chi connectivity index (χ2v) is 30.7. The van der Waals surface area contributed by atoms with Gasteiger partial charge in [0.05, 0.1) is 26.4 Å². The van der Waals surface area contributed by atoms with E-state index in [1.54, 1.807) is 27.7 Å². The summed E-state index contributed by atoms with van der Waals surface area (Å²) in [5, 5.41) is 57.1. The van der Waals surface area contributed by atoms with Gasteiger partial charge in [0.15, 0.2) is 0 Å². The largest absolute Gasteiger partial charge is 0.480 e. The lowest BCUT2D eigenvalue weighted by atomic mass is 9.79. The van der Waals surface area contributed by atoms with Crippen molar-refractivity contribution < 1.29 is 34.8 Å². The van der Waals surface area contributed by atoms with Gasteiger partial charge in [-0.2, -0.15) is 29.9 Å². The molecule has 4 aliphatic heterocycles. The van der Waals surface area contributed by atoms with E-state index >= 15 is 0 Å². The van der Waals surface area contributed by atoms with E-state index in [0.29, 0.717) is 48.9 Å². The van der Waals surface area contributed by atoms with E-state index in [0.717, 1.165) is 77.5 Å². The molecule has 4 fully saturated rings. The van der Waals surface area contributed by atoms with Crippen molar-refractivity contribution in [1.82, 2.24) is 51.2 Å². The highest BCUT2D eigenvalue weighted by atomic mass is 16.5. The van der Waals surface area contributed by atoms with Crippen molar-refractivity contribution in [2.24, 2.45) is 0 Å². The van der Waals surface area contributed by atoms with Crippen LogP contribution in [-0.2, 0) is 14.3 Å². The van der Waals surface area contributed by atoms with Gasteiger partial charge in [-0.25, -0.2) is 9.59 Å². The van der Waals surface area contributed by atoms with Gasteiger partial charge in [0.2, 0.25) is 35.7 Å². The third-order valence-corrected chi connectivity index (χ3v) is 16.4. The van der Waals surface area contributed by atoms with Gasteiger partial charge in [-0.1, -0.05) is 0 Å². The summed E-state index contributed by atoms with van der Waals surface area (Å²) in [4.78, 5) is 62.6. The van der Waals surface area contributed by atoms with E-state index in [4.69, 9.17) is 40.1 Å². The molecule has 2 aromatic heterocycles. The maximum Gasteiger partial charge on any atom is 0.328 e. The number of carboxylic acid groups (broad SMARTS) is 2. The number of hydrogen-bond acceptors (Lipinski definition) is 21. The second-order valence-electron chi connectivity index (χ2n) is 30.7. The van der Waals surface area contributed by atoms with E-state index in [9.17, 15) is 19.8 Å². The minimum absolute atomic E-state index is 0.0278. The molecule has 6 heterocycles. The molecule has 0 bridgehead atoms. The number of nitrogens with zero attached hydrogens (tertiary/aromatic N) is 10. The van der Waals surface area contributed by atoms with Gasteiger partial charge in [0, 0.05) is 94.7 Å². The van der Waals surface area contributed by atoms with Crippen LogP contribution in [0.4, 0.5) is 35.7 Å². The summed E-state index contributed by atoms with van der Waals surface area (Å²) in [5.41, 5.74) is -2.77. The number of nitrogens with one attached hydrogen (secondary N) is 6. The Hall–Kier alpha value is -4.52. The molecule has 0 radical (unpaired) electrons. The summed E-state index contributed by atoms with van der Waals surface area (Å²) in [6.45, 7) is 54.6. The molecule has 0 saturated carbocycles. The predicted octanol–water partition coefficient (Wildman–Crippen LogP) is 7.82. The second kappa shape index (κ2) is 27.9. The first-order valence-electron chi connectivity index (χ1n) is 31.4. The lowest BCUT2D eigenvalue weighted by Crippen LogP contribution is -2.63. The minimum atomic E-state index is -1.23. The molecule has 0 unspecified atom stereocenters. The quantitative estimate of drug-likeness (QED) is 0.0503. The molecule has 85 heavy (non-hydrogen) atoms. The summed E-state index contributed by atoms with van der Waals surface area (Å²) in [6.07, 6.45) is 7.58. The van der Waals surface area contributed by atoms with Crippen molar-refractivity contribution in [3.05, 3.63) is 0 Å². The summed E-state index contributed by atoms with van der Waals surface area (Å²) in [7, 11) is 0. The van der Waals surface area contributed by atoms with Crippen LogP contribution in [0.2, 0.25) is 0 Å². The van der Waals surface area contributed by atoms with Gasteiger partial charge in [0.1, 0.15) is 11.1 Å². The molecule has 4 aliphatic rings. The molecule has 0 aliphatic carbocycles. The van der Waals surface area contributed by atoms with Crippen LogP contribution in [0.25, 0.3) is 0 Å². The number of ether oxygens (including phenoxy) is 1. The maximum absolute atomic E-state index is 12.0. The fraction of sp³-hybridized carbons (Fsp3) is 0.871. The Morgan fingerprint density at radius 1 is 0.424 bits per heavy atom. The van der Waals surface area contributed by atoms with E-state index in [1.165, 1.54) is 0 Å². The number of hydrogen-bond donors (Lipinski definition) is 10. The highest BCUT2D eigenvalue weighted by Crippen LogP contribution is 2.39. The van der Waals surface area contributed by atoms with Gasteiger partial charge in [0.25, 0.3) is 0 Å². The van der Waals surface area contributed by atoms with Crippen LogP contribution in [-0.4, -0.2) is 194 Å². The van der Waals surface area contributed by atoms with Crippen molar-refractivity contribution in [2.75, 3.05) is 82.8 Å². The Labute approximate surface area is 511 Å². The van der Waals surface area contributed by atoms with E-state index in [-0.39, 0.29) is 81.7 Å². The standard InChI is InChI=1S/2C29H54N8O2.C4H10O3/c2*1-13-36(19-15-25(3,4)34-26(5,6)16-19)23-30-22(33-29(11,12)21(38)39)31-24(32-23)37(14-2)20-17-27(7,8)35-28(9,10)18-20;5-1-3-7-4-2-6/h2*19-20,34-35H,13-18H2,1-12H3,(H,38,39)(H,30,31,32,33);5-6H,1-4H2. The van der Waals surface area contributed by atoms with E-state index < -0.39 is 23.0 Å². The van der Waals surface area contributed by atoms with Crippen LogP contribution >= 0.6 is 0 Å². The molecule has 23 nitrogen and oxygen atoms in total. The zero-order valence-electron chi connectivity index (χ0n) is 57.1. The topological polar surface area (TPSA) is 287 Å². The Kier molecular flexibility index (Phi) is 23.9. The van der Waals surface area contributed by atoms with E-state index in [1.807, 2.05) is 0 Å². The normalized spacial score (nSPS) is 21.7. The number of aliphatic hydroxyl groups excluding tert-OH is 2. The van der Waals surface area contributed by atoms with Crippen LogP contribution in [0, 0.1) is 0 Å². The lowest BCUT2D eigenvalue weighted by Gasteiger charge is -2.50. The Morgan fingerprint density at radius 3 is 0.765 bits per heavy atom. The first-order valence-corrected chi connectivity index (χ1v) is 31.4. The number of aliphatic hydroxyl groups is 2. The summed E-state index contributed by atoms with van der Waals surface area (Å²) in [5.74, 6) is 1.03. The van der Waals surface area contributed by atoms with Crippen LogP contribution in [0.5, 0.6) is 0 Å². The number of aromatic nitrogens is 6. The third-order valence-electron chi connectivity index (χ3n) is 16.4. The molecular weight excluding hydrogens is 1080 g/mol. The Bertz CT molecular complexity index is 2140. The third kappa shape index (κ3) is 21.4. The van der Waals surface area contributed by atoms with Crippen molar-refractivity contribution in [3.8, 4) is 0 Å². The summed E-state index contributed by atoms with van der Waals surface area (Å²) < 4.78 is 4.63. The summed E-state index contributed by atoms with van der Waals surface area (Å²) in [6, 6.07) is 0.902. The lowest BCUT2D eigenvalue weighted by molar-refractivity contribution is -0.142. The van der Waals surface area contributed by atoms with Crippen LogP contribution in [0.15, 0.2) is 0 Å². The molecule has 0 atom stereocenters. The van der Waals surface area contributed by atoms with Crippen molar-refractivity contribution >= 4 is 47.6 Å². The molecule has 6 rings (SSSR count). The molecule has 23 heteroatoms. The van der Waals surface area contributed by atoms with Gasteiger partial charge in [-0.05, 0) is 218 Å². The Balaban J connectivity index is 0.000000327. The molecular formula is C62H118N16O7. The molecule has 0 aromatic carbocycles. The summed E-state index contributed by atoms with van der Waals surface area (Å²) >= 11 is 0. The van der Waals surface area contributed by atoms with Gasteiger partial charge < -0.3 is 76.7 Å². The van der Waals surface area contributed by atoms with Crippen molar-refractivity contribution in [3.63, 3.8) is 0 Å². The SMILES string of the molecule is CCN(c1nc(NC(C)(C)C(=O)O)nc(N(CC)C2CC(C)(C)NC(C)(C)C2)n1)C1CC(C)(C)NC(C)(C)C1.CCN(c1nc(NC(C)(C)C(=O)O)nc(N(CC)C2CC(C)(C)NC(C)(C)C2)n1)C1CC(C)(C)NC(C)(C)C1.OCCOCCO. The number of aliphatic carboxylic acids is 2. The number of rotatable bonds is 22. The maximum atomic E-state index is 12.0. The fourth-order valence-electron chi connectivity index (χ4n) is 14.4. The number of carboxylic acids is 2. The Morgan fingerprint density at radius 2 is 0.612 bits per heavy atom.